The number of carbonyl (C=O) groups is 1. The third-order valence-corrected chi connectivity index (χ3v) is 2.85. The molecule has 3 nitrogen and oxygen atoms in total. The molecule has 0 radical (unpaired) electrons. The quantitative estimate of drug-likeness (QED) is 0.794. The Morgan fingerprint density at radius 2 is 2.43 bits per heavy atom. The van der Waals surface area contributed by atoms with Gasteiger partial charge < -0.3 is 10.4 Å². The number of amides is 1. The molecular formula is C10H15NO2S. The zero-order chi connectivity index (χ0) is 10.6. The molecule has 0 aliphatic rings. The Kier molecular flexibility index (Phi) is 4.10. The minimum atomic E-state index is -0.496. The van der Waals surface area contributed by atoms with Crippen LogP contribution in [-0.4, -0.2) is 23.7 Å². The Balaban J connectivity index is 2.60. The fourth-order valence-electron chi connectivity index (χ4n) is 1.13. The highest BCUT2D eigenvalue weighted by Crippen LogP contribution is 2.16. The molecule has 1 aromatic rings. The van der Waals surface area contributed by atoms with Gasteiger partial charge in [-0.15, -0.1) is 11.3 Å². The summed E-state index contributed by atoms with van der Waals surface area (Å²) in [5.74, 6) is -0.0854. The van der Waals surface area contributed by atoms with Gasteiger partial charge in [-0.25, -0.2) is 0 Å². The maximum atomic E-state index is 11.6. The lowest BCUT2D eigenvalue weighted by Gasteiger charge is -2.06. The second-order valence-corrected chi connectivity index (χ2v) is 4.10. The number of aliphatic hydroxyl groups excluding tert-OH is 1. The van der Waals surface area contributed by atoms with Crippen molar-refractivity contribution in [2.75, 3.05) is 6.54 Å². The van der Waals surface area contributed by atoms with Gasteiger partial charge in [0.1, 0.15) is 0 Å². The van der Waals surface area contributed by atoms with E-state index in [1.54, 1.807) is 6.92 Å². The van der Waals surface area contributed by atoms with Crippen molar-refractivity contribution in [2.45, 2.75) is 26.4 Å². The van der Waals surface area contributed by atoms with Crippen molar-refractivity contribution in [3.63, 3.8) is 0 Å². The minimum Gasteiger partial charge on any atom is -0.392 e. The summed E-state index contributed by atoms with van der Waals surface area (Å²) in [4.78, 5) is 12.3. The third-order valence-electron chi connectivity index (χ3n) is 1.89. The van der Waals surface area contributed by atoms with Gasteiger partial charge >= 0.3 is 0 Å². The molecule has 0 fully saturated rings. The highest BCUT2D eigenvalue weighted by Gasteiger charge is 2.11. The molecule has 1 aromatic heterocycles. The SMILES string of the molecule is CCc1ccsc1C(=O)NCC(C)O. The molecule has 0 spiro atoms. The van der Waals surface area contributed by atoms with Crippen LogP contribution in [0.1, 0.15) is 29.1 Å². The number of thiophene rings is 1. The maximum Gasteiger partial charge on any atom is 0.261 e. The molecule has 1 rings (SSSR count). The lowest BCUT2D eigenvalue weighted by Crippen LogP contribution is -2.30. The Morgan fingerprint density at radius 1 is 1.71 bits per heavy atom. The molecule has 1 amide bonds. The lowest BCUT2D eigenvalue weighted by atomic mass is 10.2. The van der Waals surface area contributed by atoms with Gasteiger partial charge in [-0.3, -0.25) is 4.79 Å². The molecule has 0 saturated carbocycles. The zero-order valence-corrected chi connectivity index (χ0v) is 9.23. The molecule has 0 aliphatic heterocycles. The van der Waals surface area contributed by atoms with E-state index < -0.39 is 6.10 Å². The average molecular weight is 213 g/mol. The number of aliphatic hydroxyl groups is 1. The maximum absolute atomic E-state index is 11.6. The average Bonchev–Trinajstić information content (AvgIpc) is 2.61. The van der Waals surface area contributed by atoms with Crippen LogP contribution < -0.4 is 5.32 Å². The molecule has 1 unspecified atom stereocenters. The van der Waals surface area contributed by atoms with Gasteiger partial charge in [0, 0.05) is 6.54 Å². The summed E-state index contributed by atoms with van der Waals surface area (Å²) < 4.78 is 0. The van der Waals surface area contributed by atoms with Crippen molar-refractivity contribution in [2.24, 2.45) is 0 Å². The summed E-state index contributed by atoms with van der Waals surface area (Å²) in [7, 11) is 0. The fraction of sp³-hybridized carbons (Fsp3) is 0.500. The molecule has 0 aliphatic carbocycles. The third kappa shape index (κ3) is 2.82. The van der Waals surface area contributed by atoms with Gasteiger partial charge in [0.05, 0.1) is 11.0 Å². The summed E-state index contributed by atoms with van der Waals surface area (Å²) in [5, 5.41) is 13.6. The molecule has 0 aromatic carbocycles. The van der Waals surface area contributed by atoms with E-state index in [1.807, 2.05) is 18.4 Å². The molecule has 1 heterocycles. The van der Waals surface area contributed by atoms with Crippen molar-refractivity contribution < 1.29 is 9.90 Å². The van der Waals surface area contributed by atoms with Gasteiger partial charge in [0.15, 0.2) is 0 Å². The van der Waals surface area contributed by atoms with E-state index in [1.165, 1.54) is 11.3 Å². The predicted octanol–water partition coefficient (Wildman–Crippen LogP) is 1.42. The van der Waals surface area contributed by atoms with Crippen molar-refractivity contribution in [1.82, 2.24) is 5.32 Å². The van der Waals surface area contributed by atoms with Crippen molar-refractivity contribution in [3.8, 4) is 0 Å². The molecular weight excluding hydrogens is 198 g/mol. The molecule has 0 saturated heterocycles. The van der Waals surface area contributed by atoms with Gasteiger partial charge in [-0.05, 0) is 30.4 Å². The van der Waals surface area contributed by atoms with E-state index in [-0.39, 0.29) is 5.91 Å². The summed E-state index contributed by atoms with van der Waals surface area (Å²) in [6, 6.07) is 1.96. The van der Waals surface area contributed by atoms with Crippen LogP contribution in [0.15, 0.2) is 11.4 Å². The first-order valence-electron chi connectivity index (χ1n) is 4.67. The van der Waals surface area contributed by atoms with E-state index in [0.717, 1.165) is 16.9 Å². The van der Waals surface area contributed by atoms with Crippen LogP contribution in [0.25, 0.3) is 0 Å². The van der Waals surface area contributed by atoms with E-state index in [4.69, 9.17) is 5.11 Å². The van der Waals surface area contributed by atoms with Gasteiger partial charge in [-0.2, -0.15) is 0 Å². The number of carbonyl (C=O) groups excluding carboxylic acids is 1. The first-order chi connectivity index (χ1) is 6.65. The monoisotopic (exact) mass is 213 g/mol. The summed E-state index contributed by atoms with van der Waals surface area (Å²) in [5.41, 5.74) is 1.07. The number of hydrogen-bond donors (Lipinski definition) is 2. The van der Waals surface area contributed by atoms with Gasteiger partial charge in [-0.1, -0.05) is 6.92 Å². The Labute approximate surface area is 87.8 Å². The van der Waals surface area contributed by atoms with Gasteiger partial charge in [0.2, 0.25) is 0 Å². The van der Waals surface area contributed by atoms with Crippen LogP contribution in [-0.2, 0) is 6.42 Å². The summed E-state index contributed by atoms with van der Waals surface area (Å²) in [6.07, 6.45) is 0.366. The zero-order valence-electron chi connectivity index (χ0n) is 8.41. The first-order valence-corrected chi connectivity index (χ1v) is 5.55. The Morgan fingerprint density at radius 3 is 3.00 bits per heavy atom. The van der Waals surface area contributed by atoms with E-state index >= 15 is 0 Å². The smallest absolute Gasteiger partial charge is 0.261 e. The van der Waals surface area contributed by atoms with E-state index in [9.17, 15) is 4.79 Å². The normalized spacial score (nSPS) is 12.5. The van der Waals surface area contributed by atoms with E-state index in [0.29, 0.717) is 6.54 Å². The number of nitrogens with one attached hydrogen (secondary N) is 1. The van der Waals surface area contributed by atoms with Crippen LogP contribution >= 0.6 is 11.3 Å². The lowest BCUT2D eigenvalue weighted by molar-refractivity contribution is 0.0927. The van der Waals surface area contributed by atoms with Crippen molar-refractivity contribution >= 4 is 17.2 Å². The van der Waals surface area contributed by atoms with Crippen LogP contribution in [0.2, 0.25) is 0 Å². The predicted molar refractivity (Wildman–Crippen MR) is 57.7 cm³/mol. The fourth-order valence-corrected chi connectivity index (χ4v) is 2.05. The minimum absolute atomic E-state index is 0.0854. The molecule has 0 bridgehead atoms. The van der Waals surface area contributed by atoms with Crippen molar-refractivity contribution in [1.29, 1.82) is 0 Å². The molecule has 14 heavy (non-hydrogen) atoms. The number of hydrogen-bond acceptors (Lipinski definition) is 3. The Bertz CT molecular complexity index is 307. The molecule has 1 atom stereocenters. The first kappa shape index (κ1) is 11.2. The summed E-state index contributed by atoms with van der Waals surface area (Å²) in [6.45, 7) is 3.98. The van der Waals surface area contributed by atoms with Crippen molar-refractivity contribution in [3.05, 3.63) is 21.9 Å². The highest BCUT2D eigenvalue weighted by molar-refractivity contribution is 7.12. The van der Waals surface area contributed by atoms with Gasteiger partial charge in [0.25, 0.3) is 5.91 Å². The standard InChI is InChI=1S/C10H15NO2S/c1-3-8-4-5-14-9(8)10(13)11-6-7(2)12/h4-5,7,12H,3,6H2,1-2H3,(H,11,13). The van der Waals surface area contributed by atoms with Crippen LogP contribution in [0.4, 0.5) is 0 Å². The van der Waals surface area contributed by atoms with Crippen LogP contribution in [0, 0.1) is 0 Å². The topological polar surface area (TPSA) is 49.3 Å². The van der Waals surface area contributed by atoms with Crippen LogP contribution in [0.5, 0.6) is 0 Å². The number of aryl methyl sites for hydroxylation is 1. The highest BCUT2D eigenvalue weighted by atomic mass is 32.1. The largest absolute Gasteiger partial charge is 0.392 e. The second-order valence-electron chi connectivity index (χ2n) is 3.19. The molecule has 78 valence electrons. The van der Waals surface area contributed by atoms with Crippen LogP contribution in [0.3, 0.4) is 0 Å². The van der Waals surface area contributed by atoms with E-state index in [2.05, 4.69) is 5.32 Å². The number of rotatable bonds is 4. The molecule has 4 heteroatoms. The Hall–Kier alpha value is -0.870. The second kappa shape index (κ2) is 5.12. The molecule has 2 N–H and O–H groups in total. The summed E-state index contributed by atoms with van der Waals surface area (Å²) >= 11 is 1.44.